The number of para-hydroxylation sites is 1. The number of hydrogen-bond donors (Lipinski definition) is 4. The van der Waals surface area contributed by atoms with E-state index in [9.17, 15) is 29.4 Å². The van der Waals surface area contributed by atoms with Crippen LogP contribution < -0.4 is 19.9 Å². The molecule has 7 rings (SSSR count). The fourth-order valence-electron chi connectivity index (χ4n) is 9.69. The molecule has 13 heteroatoms. The number of unbranched alkanes of at least 4 members (excludes halogenated alkanes) is 1. The summed E-state index contributed by atoms with van der Waals surface area (Å²) in [6.07, 6.45) is 2.89. The Morgan fingerprint density at radius 1 is 1.04 bits per heavy atom. The Morgan fingerprint density at radius 3 is 2.52 bits per heavy atom. The standard InChI is InChI=1S/C43H56N4O8Si/c1-5-54-33-18-19-36-30(23-33)24-35(44-20-8-9-22-48)41(51)47(36)31-16-14-29(15-17-31)26-46-37-13-7-6-12-34(37)43(42(46)52)28(2)40(56(3,4)53)38(55-43)25-39(50)45-21-10-11-32(45)27-49/h6-7,12-19,23,28,32,35,38,40,44,48-49,53H,5,8-11,20-22,24-27H2,1-4H3/t28-,32-,35?,38+,40-,43+/m0/s1. The normalized spacial score (nSPS) is 26.0. The maximum Gasteiger partial charge on any atom is 0.264 e. The number of rotatable bonds is 14. The quantitative estimate of drug-likeness (QED) is 0.134. The second-order valence-electron chi connectivity index (χ2n) is 16.2. The molecular weight excluding hydrogens is 729 g/mol. The van der Waals surface area contributed by atoms with Gasteiger partial charge in [-0.25, -0.2) is 0 Å². The van der Waals surface area contributed by atoms with E-state index in [2.05, 4.69) is 5.32 Å². The van der Waals surface area contributed by atoms with Crippen LogP contribution >= 0.6 is 0 Å². The number of aliphatic hydroxyl groups excluding tert-OH is 2. The first-order valence-electron chi connectivity index (χ1n) is 20.2. The second kappa shape index (κ2) is 16.4. The average molecular weight is 785 g/mol. The Labute approximate surface area is 330 Å². The molecule has 0 aliphatic carbocycles. The van der Waals surface area contributed by atoms with Crippen LogP contribution in [0.4, 0.5) is 17.1 Å². The Kier molecular flexibility index (Phi) is 11.7. The molecule has 4 aliphatic rings. The lowest BCUT2D eigenvalue weighted by atomic mass is 9.82. The predicted octanol–water partition coefficient (Wildman–Crippen LogP) is 4.75. The minimum atomic E-state index is -2.97. The van der Waals surface area contributed by atoms with Crippen molar-refractivity contribution in [3.8, 4) is 5.75 Å². The Hall–Kier alpha value is -4.11. The molecule has 0 aromatic heterocycles. The van der Waals surface area contributed by atoms with Gasteiger partial charge in [-0.3, -0.25) is 19.3 Å². The van der Waals surface area contributed by atoms with E-state index in [0.717, 1.165) is 53.1 Å². The molecule has 4 heterocycles. The summed E-state index contributed by atoms with van der Waals surface area (Å²) in [6, 6.07) is 20.5. The van der Waals surface area contributed by atoms with E-state index in [0.29, 0.717) is 38.2 Å². The van der Waals surface area contributed by atoms with Crippen molar-refractivity contribution in [2.45, 2.75) is 101 Å². The number of nitrogens with zero attached hydrogens (tertiary/aromatic N) is 3. The molecule has 0 bridgehead atoms. The Morgan fingerprint density at radius 2 is 1.80 bits per heavy atom. The maximum absolute atomic E-state index is 14.9. The van der Waals surface area contributed by atoms with Gasteiger partial charge in [0.05, 0.1) is 55.7 Å². The monoisotopic (exact) mass is 784 g/mol. The van der Waals surface area contributed by atoms with Crippen LogP contribution in [0.5, 0.6) is 5.75 Å². The van der Waals surface area contributed by atoms with Crippen LogP contribution in [0.3, 0.4) is 0 Å². The first kappa shape index (κ1) is 40.1. The van der Waals surface area contributed by atoms with Crippen LogP contribution in [0.25, 0.3) is 0 Å². The highest BCUT2D eigenvalue weighted by atomic mass is 28.4. The van der Waals surface area contributed by atoms with Crippen LogP contribution in [-0.2, 0) is 37.7 Å². The van der Waals surface area contributed by atoms with Crippen LogP contribution in [0.2, 0.25) is 18.6 Å². The zero-order valence-electron chi connectivity index (χ0n) is 32.9. The van der Waals surface area contributed by atoms with Gasteiger partial charge < -0.3 is 39.6 Å². The van der Waals surface area contributed by atoms with E-state index in [1.807, 2.05) is 93.7 Å². The highest BCUT2D eigenvalue weighted by Gasteiger charge is 2.66. The van der Waals surface area contributed by atoms with Gasteiger partial charge in [-0.05, 0) is 106 Å². The summed E-state index contributed by atoms with van der Waals surface area (Å²) in [5.41, 5.74) is 3.07. The summed E-state index contributed by atoms with van der Waals surface area (Å²) >= 11 is 0. The smallest absolute Gasteiger partial charge is 0.264 e. The minimum absolute atomic E-state index is 0.0332. The van der Waals surface area contributed by atoms with Crippen LogP contribution in [0.1, 0.15) is 62.6 Å². The van der Waals surface area contributed by atoms with E-state index in [-0.39, 0.29) is 55.5 Å². The second-order valence-corrected chi connectivity index (χ2v) is 20.2. The van der Waals surface area contributed by atoms with Gasteiger partial charge in [0, 0.05) is 35.9 Å². The van der Waals surface area contributed by atoms with Gasteiger partial charge in [-0.1, -0.05) is 37.3 Å². The van der Waals surface area contributed by atoms with Crippen molar-refractivity contribution >= 4 is 43.1 Å². The van der Waals surface area contributed by atoms with Gasteiger partial charge in [0.1, 0.15) is 5.75 Å². The van der Waals surface area contributed by atoms with E-state index in [1.54, 1.807) is 14.7 Å². The highest BCUT2D eigenvalue weighted by molar-refractivity contribution is 6.71. The third-order valence-corrected chi connectivity index (χ3v) is 14.7. The van der Waals surface area contributed by atoms with Crippen molar-refractivity contribution in [2.75, 3.05) is 42.7 Å². The lowest BCUT2D eigenvalue weighted by Crippen LogP contribution is -2.49. The van der Waals surface area contributed by atoms with Gasteiger partial charge in [-0.15, -0.1) is 0 Å². The van der Waals surface area contributed by atoms with Crippen molar-refractivity contribution in [3.63, 3.8) is 0 Å². The molecule has 56 heavy (non-hydrogen) atoms. The summed E-state index contributed by atoms with van der Waals surface area (Å²) < 4.78 is 12.7. The van der Waals surface area contributed by atoms with Gasteiger partial charge in [-0.2, -0.15) is 0 Å². The average Bonchev–Trinajstić information content (AvgIpc) is 3.84. The number of carbonyl (C=O) groups excluding carboxylic acids is 3. The molecule has 2 fully saturated rings. The summed E-state index contributed by atoms with van der Waals surface area (Å²) in [5, 5.41) is 22.6. The lowest BCUT2D eigenvalue weighted by Gasteiger charge is -2.35. The number of carbonyl (C=O) groups is 3. The number of hydrogen-bond acceptors (Lipinski definition) is 9. The van der Waals surface area contributed by atoms with Crippen LogP contribution in [-0.4, -0.2) is 97.0 Å². The van der Waals surface area contributed by atoms with Gasteiger partial charge in [0.25, 0.3) is 5.91 Å². The lowest BCUT2D eigenvalue weighted by molar-refractivity contribution is -0.150. The molecule has 12 nitrogen and oxygen atoms in total. The minimum Gasteiger partial charge on any atom is -0.494 e. The Balaban J connectivity index is 1.15. The third kappa shape index (κ3) is 7.29. The van der Waals surface area contributed by atoms with Crippen molar-refractivity contribution in [1.29, 1.82) is 0 Å². The Bertz CT molecular complexity index is 1920. The molecule has 2 saturated heterocycles. The number of benzene rings is 3. The zero-order chi connectivity index (χ0) is 39.8. The molecule has 300 valence electrons. The molecule has 6 atom stereocenters. The highest BCUT2D eigenvalue weighted by Crippen LogP contribution is 2.60. The fraction of sp³-hybridized carbons (Fsp3) is 0.512. The number of anilines is 3. The van der Waals surface area contributed by atoms with E-state index in [4.69, 9.17) is 9.47 Å². The van der Waals surface area contributed by atoms with Crippen molar-refractivity contribution in [1.82, 2.24) is 10.2 Å². The molecule has 1 unspecified atom stereocenters. The van der Waals surface area contributed by atoms with Crippen LogP contribution in [0.15, 0.2) is 66.7 Å². The molecule has 0 saturated carbocycles. The molecule has 3 amide bonds. The molecule has 3 aromatic rings. The summed E-state index contributed by atoms with van der Waals surface area (Å²) in [7, 11) is -2.97. The summed E-state index contributed by atoms with van der Waals surface area (Å²) in [5.74, 6) is -0.0593. The van der Waals surface area contributed by atoms with Crippen molar-refractivity contribution < 1.29 is 38.9 Å². The molecule has 1 spiro atoms. The third-order valence-electron chi connectivity index (χ3n) is 12.2. The van der Waals surface area contributed by atoms with Gasteiger partial charge >= 0.3 is 0 Å². The number of fused-ring (bicyclic) bond motifs is 3. The molecule has 4 aliphatic heterocycles. The predicted molar refractivity (Wildman–Crippen MR) is 216 cm³/mol. The number of ether oxygens (including phenoxy) is 2. The molecular formula is C43H56N4O8Si. The summed E-state index contributed by atoms with van der Waals surface area (Å²) in [4.78, 5) is 59.5. The van der Waals surface area contributed by atoms with Gasteiger partial charge in [0.2, 0.25) is 11.8 Å². The molecule has 4 N–H and O–H groups in total. The first-order valence-corrected chi connectivity index (χ1v) is 23.2. The fourth-order valence-corrected chi connectivity index (χ4v) is 12.2. The number of amides is 3. The van der Waals surface area contributed by atoms with Crippen LogP contribution in [0, 0.1) is 5.92 Å². The van der Waals surface area contributed by atoms with Crippen molar-refractivity contribution in [3.05, 3.63) is 83.4 Å². The zero-order valence-corrected chi connectivity index (χ0v) is 33.9. The topological polar surface area (TPSA) is 152 Å². The number of nitrogens with one attached hydrogen (secondary N) is 1. The molecule has 3 aromatic carbocycles. The maximum atomic E-state index is 14.9. The van der Waals surface area contributed by atoms with Gasteiger partial charge in [0.15, 0.2) is 13.9 Å². The number of likely N-dealkylation sites (tertiary alicyclic amines) is 1. The largest absolute Gasteiger partial charge is 0.494 e. The number of aliphatic hydroxyl groups is 2. The van der Waals surface area contributed by atoms with Crippen molar-refractivity contribution in [2.24, 2.45) is 5.92 Å². The van der Waals surface area contributed by atoms with E-state index >= 15 is 0 Å². The van der Waals surface area contributed by atoms with E-state index in [1.165, 1.54) is 0 Å². The molecule has 0 radical (unpaired) electrons. The summed E-state index contributed by atoms with van der Waals surface area (Å²) in [6.45, 7) is 9.60. The SMILES string of the molecule is CCOc1ccc2c(c1)CC(NCCCCO)C(=O)N2c1ccc(CN2C(=O)[C@]3(O[C@H](CC(=O)N4CCC[C@H]4CO)[C@@H]([Si](C)(C)O)[C@@H]3C)c3ccccc32)cc1. The first-order chi connectivity index (χ1) is 26.9. The van der Waals surface area contributed by atoms with E-state index < -0.39 is 32.0 Å².